The number of nitrogens with zero attached hydrogens (tertiary/aromatic N) is 2. The summed E-state index contributed by atoms with van der Waals surface area (Å²) in [7, 11) is 0. The molecule has 0 saturated carbocycles. The lowest BCUT2D eigenvalue weighted by atomic mass is 9.91. The van der Waals surface area contributed by atoms with Gasteiger partial charge in [0.25, 0.3) is 0 Å². The summed E-state index contributed by atoms with van der Waals surface area (Å²) in [6, 6.07) is 13.5. The van der Waals surface area contributed by atoms with Gasteiger partial charge in [-0.1, -0.05) is 42.1 Å². The number of amides is 1. The fourth-order valence-corrected chi connectivity index (χ4v) is 5.18. The van der Waals surface area contributed by atoms with Crippen molar-refractivity contribution in [1.82, 2.24) is 4.90 Å². The summed E-state index contributed by atoms with van der Waals surface area (Å²) in [6.45, 7) is 10.0. The molecule has 0 bridgehead atoms. The van der Waals surface area contributed by atoms with Crippen LogP contribution in [0.4, 0.5) is 5.69 Å². The average molecular weight is 476 g/mol. The van der Waals surface area contributed by atoms with Gasteiger partial charge in [-0.3, -0.25) is 4.79 Å². The van der Waals surface area contributed by atoms with E-state index < -0.39 is 6.04 Å². The molecule has 2 aliphatic rings. The molecule has 2 heterocycles. The number of aryl methyl sites for hydroxylation is 3. The van der Waals surface area contributed by atoms with E-state index in [1.54, 1.807) is 6.92 Å². The number of carbonyl (C=O) groups is 2. The number of carbonyl (C=O) groups excluding carboxylic acids is 2. The Labute approximate surface area is 204 Å². The fraction of sp³-hybridized carbons (Fsp3) is 0.296. The number of thioether (sulfide) groups is 1. The van der Waals surface area contributed by atoms with Crippen molar-refractivity contribution in [2.75, 3.05) is 11.9 Å². The molecule has 0 aliphatic carbocycles. The highest BCUT2D eigenvalue weighted by molar-refractivity contribution is 8.16. The minimum absolute atomic E-state index is 0.121. The molecule has 34 heavy (non-hydrogen) atoms. The van der Waals surface area contributed by atoms with Crippen molar-refractivity contribution >= 4 is 34.5 Å². The normalized spacial score (nSPS) is 17.2. The third kappa shape index (κ3) is 4.66. The molecule has 0 spiro atoms. The molecule has 1 atom stereocenters. The second-order valence-electron chi connectivity index (χ2n) is 8.49. The van der Waals surface area contributed by atoms with Crippen LogP contribution in [0.5, 0.6) is 0 Å². The first-order valence-electron chi connectivity index (χ1n) is 11.3. The fourth-order valence-electron chi connectivity index (χ4n) is 4.22. The Morgan fingerprint density at radius 3 is 2.53 bits per heavy atom. The van der Waals surface area contributed by atoms with E-state index in [0.717, 1.165) is 33.2 Å². The highest BCUT2D eigenvalue weighted by atomic mass is 32.2. The van der Waals surface area contributed by atoms with Gasteiger partial charge in [-0.15, -0.1) is 0 Å². The maximum atomic E-state index is 13.0. The molecule has 0 radical (unpaired) electrons. The Balaban J connectivity index is 1.66. The van der Waals surface area contributed by atoms with E-state index in [2.05, 4.69) is 5.32 Å². The van der Waals surface area contributed by atoms with Gasteiger partial charge in [-0.05, 0) is 74.4 Å². The highest BCUT2D eigenvalue weighted by Gasteiger charge is 2.41. The number of hydrogen-bond acceptors (Lipinski definition) is 6. The SMILES string of the molecule is CCOC(=O)C1=C(C)N=C2SC=C(CC(=O)Nc3ccc(C)c(C)c3)N2[C@@H]1c1ccccc1C. The average Bonchev–Trinajstić information content (AvgIpc) is 3.17. The van der Waals surface area contributed by atoms with Gasteiger partial charge in [0.15, 0.2) is 5.17 Å². The quantitative estimate of drug-likeness (QED) is 0.537. The molecular weight excluding hydrogens is 446 g/mol. The summed E-state index contributed by atoms with van der Waals surface area (Å²) >= 11 is 1.47. The Morgan fingerprint density at radius 2 is 1.82 bits per heavy atom. The first-order valence-corrected chi connectivity index (χ1v) is 12.2. The van der Waals surface area contributed by atoms with Gasteiger partial charge in [0.1, 0.15) is 0 Å². The zero-order valence-electron chi connectivity index (χ0n) is 20.1. The van der Waals surface area contributed by atoms with Crippen molar-refractivity contribution in [1.29, 1.82) is 0 Å². The lowest BCUT2D eigenvalue weighted by molar-refractivity contribution is -0.139. The molecule has 4 rings (SSSR count). The largest absolute Gasteiger partial charge is 0.463 e. The van der Waals surface area contributed by atoms with Crippen molar-refractivity contribution in [3.8, 4) is 0 Å². The van der Waals surface area contributed by atoms with Crippen molar-refractivity contribution < 1.29 is 14.3 Å². The standard InChI is InChI=1S/C27H29N3O3S/c1-6-33-26(32)24-19(5)28-27-30(25(24)22-10-8-7-9-17(22)3)21(15-34-27)14-23(31)29-20-12-11-16(2)18(4)13-20/h7-13,15,25H,6,14H2,1-5H3,(H,29,31)/t25-/m1/s1. The van der Waals surface area contributed by atoms with Crippen LogP contribution < -0.4 is 5.32 Å². The molecule has 176 valence electrons. The highest BCUT2D eigenvalue weighted by Crippen LogP contribution is 2.45. The number of hydrogen-bond donors (Lipinski definition) is 1. The number of aliphatic imine (C=N–C) groups is 1. The molecule has 0 saturated heterocycles. The predicted octanol–water partition coefficient (Wildman–Crippen LogP) is 5.78. The van der Waals surface area contributed by atoms with Crippen molar-refractivity contribution in [3.63, 3.8) is 0 Å². The van der Waals surface area contributed by atoms with Crippen molar-refractivity contribution in [2.45, 2.75) is 47.1 Å². The van der Waals surface area contributed by atoms with Crippen LogP contribution in [0.15, 0.2) is 69.8 Å². The monoisotopic (exact) mass is 475 g/mol. The van der Waals surface area contributed by atoms with Crippen LogP contribution in [0.1, 0.15) is 48.6 Å². The molecule has 2 aromatic rings. The van der Waals surface area contributed by atoms with Gasteiger partial charge in [0.05, 0.1) is 30.3 Å². The maximum absolute atomic E-state index is 13.0. The summed E-state index contributed by atoms with van der Waals surface area (Å²) in [6.07, 6.45) is 0.163. The number of amidine groups is 1. The second kappa shape index (κ2) is 9.89. The number of ether oxygens (including phenoxy) is 1. The van der Waals surface area contributed by atoms with E-state index in [0.29, 0.717) is 11.3 Å². The van der Waals surface area contributed by atoms with Crippen LogP contribution in [-0.2, 0) is 14.3 Å². The Kier molecular flexibility index (Phi) is 6.93. The van der Waals surface area contributed by atoms with Gasteiger partial charge in [-0.25, -0.2) is 9.79 Å². The molecule has 0 aromatic heterocycles. The third-order valence-electron chi connectivity index (χ3n) is 6.11. The zero-order valence-corrected chi connectivity index (χ0v) is 21.0. The van der Waals surface area contributed by atoms with Crippen LogP contribution in [0.3, 0.4) is 0 Å². The van der Waals surface area contributed by atoms with E-state index in [9.17, 15) is 9.59 Å². The van der Waals surface area contributed by atoms with Crippen LogP contribution in [0.25, 0.3) is 0 Å². The number of benzene rings is 2. The zero-order chi connectivity index (χ0) is 24.4. The van der Waals surface area contributed by atoms with Gasteiger partial charge in [-0.2, -0.15) is 0 Å². The lowest BCUT2D eigenvalue weighted by Gasteiger charge is -2.37. The smallest absolute Gasteiger partial charge is 0.338 e. The molecule has 1 amide bonds. The van der Waals surface area contributed by atoms with E-state index in [1.165, 1.54) is 17.3 Å². The molecule has 7 heteroatoms. The van der Waals surface area contributed by atoms with E-state index in [4.69, 9.17) is 9.73 Å². The van der Waals surface area contributed by atoms with E-state index in [1.807, 2.05) is 80.5 Å². The number of esters is 1. The lowest BCUT2D eigenvalue weighted by Crippen LogP contribution is -2.37. The van der Waals surface area contributed by atoms with Crippen LogP contribution in [-0.4, -0.2) is 28.6 Å². The topological polar surface area (TPSA) is 71.0 Å². The first kappa shape index (κ1) is 23.8. The minimum Gasteiger partial charge on any atom is -0.463 e. The molecule has 0 unspecified atom stereocenters. The summed E-state index contributed by atoms with van der Waals surface area (Å²) in [5.74, 6) is -0.504. The van der Waals surface area contributed by atoms with Crippen LogP contribution in [0.2, 0.25) is 0 Å². The Bertz CT molecular complexity index is 1250. The number of rotatable bonds is 6. The summed E-state index contributed by atoms with van der Waals surface area (Å²) in [5, 5.41) is 5.71. The number of nitrogens with one attached hydrogen (secondary N) is 1. The van der Waals surface area contributed by atoms with Gasteiger partial charge in [0, 0.05) is 11.4 Å². The van der Waals surface area contributed by atoms with Crippen molar-refractivity contribution in [2.24, 2.45) is 4.99 Å². The number of anilines is 1. The Morgan fingerprint density at radius 1 is 1.06 bits per heavy atom. The summed E-state index contributed by atoms with van der Waals surface area (Å²) < 4.78 is 5.41. The summed E-state index contributed by atoms with van der Waals surface area (Å²) in [4.78, 5) is 32.7. The molecular formula is C27H29N3O3S. The molecule has 2 aromatic carbocycles. The second-order valence-corrected chi connectivity index (χ2v) is 9.33. The molecule has 6 nitrogen and oxygen atoms in total. The molecule has 0 fully saturated rings. The number of allylic oxidation sites excluding steroid dienone is 1. The predicted molar refractivity (Wildman–Crippen MR) is 137 cm³/mol. The van der Waals surface area contributed by atoms with E-state index in [-0.39, 0.29) is 24.9 Å². The minimum atomic E-state index is -0.414. The van der Waals surface area contributed by atoms with Gasteiger partial charge < -0.3 is 15.0 Å². The third-order valence-corrected chi connectivity index (χ3v) is 7.00. The summed E-state index contributed by atoms with van der Waals surface area (Å²) in [5.41, 5.74) is 7.05. The number of fused-ring (bicyclic) bond motifs is 1. The van der Waals surface area contributed by atoms with Gasteiger partial charge in [0.2, 0.25) is 5.91 Å². The Hall–Kier alpha value is -3.32. The van der Waals surface area contributed by atoms with E-state index >= 15 is 0 Å². The van der Waals surface area contributed by atoms with Gasteiger partial charge >= 0.3 is 5.97 Å². The van der Waals surface area contributed by atoms with Crippen LogP contribution in [0, 0.1) is 20.8 Å². The van der Waals surface area contributed by atoms with Crippen molar-refractivity contribution in [3.05, 3.63) is 87.1 Å². The first-order chi connectivity index (χ1) is 16.3. The van der Waals surface area contributed by atoms with Crippen LogP contribution >= 0.6 is 11.8 Å². The molecule has 2 aliphatic heterocycles. The molecule has 1 N–H and O–H groups in total. The maximum Gasteiger partial charge on any atom is 0.338 e.